The molecule has 1 aromatic heterocycles. The summed E-state index contributed by atoms with van der Waals surface area (Å²) in [5, 5.41) is 0. The molecular weight excluding hydrogens is 328 g/mol. The van der Waals surface area contributed by atoms with Crippen LogP contribution in [-0.4, -0.2) is 9.97 Å². The number of hydrogen-bond acceptors (Lipinski definition) is 1. The normalized spacial score (nSPS) is 31.7. The van der Waals surface area contributed by atoms with Gasteiger partial charge in [-0.15, -0.1) is 0 Å². The maximum Gasteiger partial charge on any atom is 0.138 e. The number of H-pyrrole nitrogens is 1. The van der Waals surface area contributed by atoms with Crippen LogP contribution in [0.15, 0.2) is 36.4 Å². The highest BCUT2D eigenvalue weighted by Crippen LogP contribution is 2.60. The monoisotopic (exact) mass is 356 g/mol. The minimum Gasteiger partial charge on any atom is -0.338 e. The molecule has 1 heterocycles. The summed E-state index contributed by atoms with van der Waals surface area (Å²) in [5.41, 5.74) is 8.18. The Morgan fingerprint density at radius 2 is 1.52 bits per heavy atom. The van der Waals surface area contributed by atoms with Crippen LogP contribution in [0, 0.1) is 31.6 Å². The van der Waals surface area contributed by atoms with E-state index in [0.29, 0.717) is 5.41 Å². The third-order valence-electron chi connectivity index (χ3n) is 7.75. The van der Waals surface area contributed by atoms with Gasteiger partial charge in [0.1, 0.15) is 5.82 Å². The molecule has 0 spiro atoms. The van der Waals surface area contributed by atoms with Gasteiger partial charge < -0.3 is 4.98 Å². The van der Waals surface area contributed by atoms with Crippen LogP contribution >= 0.6 is 0 Å². The molecule has 7 rings (SSSR count). The van der Waals surface area contributed by atoms with Crippen LogP contribution in [0.25, 0.3) is 22.4 Å². The Kier molecular flexibility index (Phi) is 3.22. The van der Waals surface area contributed by atoms with Crippen molar-refractivity contribution in [3.8, 4) is 11.4 Å². The molecular formula is C25H28N2. The Morgan fingerprint density at radius 1 is 0.889 bits per heavy atom. The average Bonchev–Trinajstić information content (AvgIpc) is 3.06. The first-order chi connectivity index (χ1) is 13.1. The number of fused-ring (bicyclic) bond motifs is 1. The largest absolute Gasteiger partial charge is 0.338 e. The minimum atomic E-state index is 0.447. The average molecular weight is 357 g/mol. The molecule has 0 atom stereocenters. The van der Waals surface area contributed by atoms with Crippen molar-refractivity contribution in [1.82, 2.24) is 9.97 Å². The van der Waals surface area contributed by atoms with Crippen LogP contribution in [0.3, 0.4) is 0 Å². The van der Waals surface area contributed by atoms with E-state index in [0.717, 1.165) is 29.1 Å². The molecule has 4 aliphatic carbocycles. The Balaban J connectivity index is 1.45. The Bertz CT molecular complexity index is 989. The second-order valence-electron chi connectivity index (χ2n) is 9.84. The lowest BCUT2D eigenvalue weighted by Gasteiger charge is -2.57. The van der Waals surface area contributed by atoms with Gasteiger partial charge in [0.05, 0.1) is 11.0 Å². The second-order valence-corrected chi connectivity index (χ2v) is 9.84. The Morgan fingerprint density at radius 3 is 2.15 bits per heavy atom. The van der Waals surface area contributed by atoms with Gasteiger partial charge in [-0.1, -0.05) is 35.9 Å². The molecule has 4 aliphatic rings. The van der Waals surface area contributed by atoms with E-state index in [9.17, 15) is 0 Å². The summed E-state index contributed by atoms with van der Waals surface area (Å²) in [6.07, 6.45) is 8.76. The van der Waals surface area contributed by atoms with Crippen LogP contribution in [0.5, 0.6) is 0 Å². The molecule has 2 aromatic carbocycles. The van der Waals surface area contributed by atoms with E-state index in [-0.39, 0.29) is 0 Å². The van der Waals surface area contributed by atoms with Gasteiger partial charge in [0.25, 0.3) is 0 Å². The lowest BCUT2D eigenvalue weighted by Crippen LogP contribution is -2.48. The highest BCUT2D eigenvalue weighted by atomic mass is 14.9. The Labute approximate surface area is 161 Å². The summed E-state index contributed by atoms with van der Waals surface area (Å²) in [4.78, 5) is 8.58. The lowest BCUT2D eigenvalue weighted by molar-refractivity contribution is -0.00515. The van der Waals surface area contributed by atoms with Crippen LogP contribution in [0.4, 0.5) is 0 Å². The fraction of sp³-hybridized carbons (Fsp3) is 0.480. The summed E-state index contributed by atoms with van der Waals surface area (Å²) >= 11 is 0. The molecule has 4 bridgehead atoms. The smallest absolute Gasteiger partial charge is 0.138 e. The van der Waals surface area contributed by atoms with Crippen molar-refractivity contribution < 1.29 is 0 Å². The topological polar surface area (TPSA) is 28.7 Å². The molecule has 2 nitrogen and oxygen atoms in total. The number of rotatable bonds is 2. The highest BCUT2D eigenvalue weighted by molar-refractivity contribution is 5.83. The fourth-order valence-electron chi connectivity index (χ4n) is 6.91. The van der Waals surface area contributed by atoms with Crippen molar-refractivity contribution in [2.24, 2.45) is 17.8 Å². The van der Waals surface area contributed by atoms with E-state index < -0.39 is 0 Å². The van der Waals surface area contributed by atoms with Gasteiger partial charge in [0.2, 0.25) is 0 Å². The zero-order valence-corrected chi connectivity index (χ0v) is 16.4. The predicted octanol–water partition coefficient (Wildman–Crippen LogP) is 6.31. The number of nitrogens with zero attached hydrogens (tertiary/aromatic N) is 1. The van der Waals surface area contributed by atoms with Gasteiger partial charge in [-0.2, -0.15) is 0 Å². The molecule has 4 saturated carbocycles. The van der Waals surface area contributed by atoms with Gasteiger partial charge >= 0.3 is 0 Å². The first-order valence-corrected chi connectivity index (χ1v) is 10.7. The minimum absolute atomic E-state index is 0.447. The zero-order valence-electron chi connectivity index (χ0n) is 16.4. The molecule has 4 fully saturated rings. The van der Waals surface area contributed by atoms with Gasteiger partial charge in [-0.25, -0.2) is 4.98 Å². The summed E-state index contributed by atoms with van der Waals surface area (Å²) in [7, 11) is 0. The fourth-order valence-corrected chi connectivity index (χ4v) is 6.91. The SMILES string of the molecule is Cc1ccc(-c2nc3c(C)cc(C45CC6CC(CC(C6)C4)C5)cc3[nH]2)cc1. The quantitative estimate of drug-likeness (QED) is 0.572. The number of aromatic nitrogens is 2. The zero-order chi connectivity index (χ0) is 18.2. The molecule has 0 unspecified atom stereocenters. The van der Waals surface area contributed by atoms with Crippen molar-refractivity contribution in [3.63, 3.8) is 0 Å². The van der Waals surface area contributed by atoms with E-state index in [2.05, 4.69) is 55.2 Å². The maximum atomic E-state index is 4.94. The molecule has 27 heavy (non-hydrogen) atoms. The Hall–Kier alpha value is -2.09. The van der Waals surface area contributed by atoms with E-state index in [4.69, 9.17) is 4.98 Å². The molecule has 1 N–H and O–H groups in total. The van der Waals surface area contributed by atoms with Crippen molar-refractivity contribution in [2.45, 2.75) is 57.8 Å². The number of aromatic amines is 1. The third kappa shape index (κ3) is 2.42. The standard InChI is InChI=1S/C25H28N2/c1-15-3-5-20(6-4-15)24-26-22-11-21(7-16(2)23(22)27-24)25-12-17-8-18(13-25)10-19(9-17)14-25/h3-7,11,17-19H,8-10,12-14H2,1-2H3,(H,26,27). The van der Waals surface area contributed by atoms with Crippen LogP contribution in [-0.2, 0) is 5.41 Å². The maximum absolute atomic E-state index is 4.94. The van der Waals surface area contributed by atoms with Crippen LogP contribution in [0.2, 0.25) is 0 Å². The van der Waals surface area contributed by atoms with Gasteiger partial charge in [-0.3, -0.25) is 0 Å². The molecule has 0 aliphatic heterocycles. The molecule has 0 amide bonds. The number of hydrogen-bond donors (Lipinski definition) is 1. The van der Waals surface area contributed by atoms with Gasteiger partial charge in [0.15, 0.2) is 0 Å². The number of imidazole rings is 1. The number of benzene rings is 2. The molecule has 3 aromatic rings. The number of aryl methyl sites for hydroxylation is 2. The van der Waals surface area contributed by atoms with E-state index in [1.54, 1.807) is 5.56 Å². The summed E-state index contributed by atoms with van der Waals surface area (Å²) in [5.74, 6) is 3.95. The van der Waals surface area contributed by atoms with Gasteiger partial charge in [0, 0.05) is 5.56 Å². The van der Waals surface area contributed by atoms with Gasteiger partial charge in [-0.05, 0) is 92.7 Å². The summed E-state index contributed by atoms with van der Waals surface area (Å²) < 4.78 is 0. The molecule has 138 valence electrons. The first-order valence-electron chi connectivity index (χ1n) is 10.7. The highest BCUT2D eigenvalue weighted by Gasteiger charge is 2.51. The number of nitrogens with one attached hydrogen (secondary N) is 1. The van der Waals surface area contributed by atoms with Crippen molar-refractivity contribution in [3.05, 3.63) is 53.1 Å². The molecule has 0 saturated heterocycles. The van der Waals surface area contributed by atoms with Crippen molar-refractivity contribution >= 4 is 11.0 Å². The van der Waals surface area contributed by atoms with E-state index in [1.165, 1.54) is 60.7 Å². The van der Waals surface area contributed by atoms with E-state index >= 15 is 0 Å². The van der Waals surface area contributed by atoms with Crippen LogP contribution in [0.1, 0.15) is 55.2 Å². The molecule has 0 radical (unpaired) electrons. The third-order valence-corrected chi connectivity index (χ3v) is 7.75. The first kappa shape index (κ1) is 15.9. The second kappa shape index (κ2) is 5.47. The van der Waals surface area contributed by atoms with Crippen molar-refractivity contribution in [2.75, 3.05) is 0 Å². The predicted molar refractivity (Wildman–Crippen MR) is 111 cm³/mol. The molecule has 2 heteroatoms. The summed E-state index contributed by atoms with van der Waals surface area (Å²) in [6.45, 7) is 4.37. The summed E-state index contributed by atoms with van der Waals surface area (Å²) in [6, 6.07) is 13.6. The lowest BCUT2D eigenvalue weighted by atomic mass is 9.48. The van der Waals surface area contributed by atoms with Crippen molar-refractivity contribution in [1.29, 1.82) is 0 Å². The van der Waals surface area contributed by atoms with E-state index in [1.807, 2.05) is 0 Å². The van der Waals surface area contributed by atoms with Crippen LogP contribution < -0.4 is 0 Å².